The molecule has 0 bridgehead atoms. The molecule has 0 aliphatic carbocycles. The van der Waals surface area contributed by atoms with Crippen LogP contribution in [0.25, 0.3) is 0 Å². The standard InChI is InChI=1S/C10H14FNO.ClH/c11-9-4-3-5-10(8-9)13-7-2-1-6-12;/h3-5,8H,1-2,6-7,12H2;1H. The molecule has 1 rings (SSSR count). The molecule has 14 heavy (non-hydrogen) atoms. The van der Waals surface area contributed by atoms with Crippen LogP contribution in [-0.2, 0) is 0 Å². The molecule has 1 aromatic rings. The van der Waals surface area contributed by atoms with Crippen molar-refractivity contribution in [1.82, 2.24) is 0 Å². The lowest BCUT2D eigenvalue weighted by molar-refractivity contribution is 0.306. The van der Waals surface area contributed by atoms with Gasteiger partial charge in [-0.25, -0.2) is 4.39 Å². The van der Waals surface area contributed by atoms with Crippen molar-refractivity contribution in [3.63, 3.8) is 0 Å². The Morgan fingerprint density at radius 2 is 2.07 bits per heavy atom. The second-order valence-corrected chi connectivity index (χ2v) is 2.80. The Morgan fingerprint density at radius 1 is 1.29 bits per heavy atom. The zero-order chi connectivity index (χ0) is 9.52. The van der Waals surface area contributed by atoms with E-state index in [4.69, 9.17) is 10.5 Å². The normalized spacial score (nSPS) is 9.29. The van der Waals surface area contributed by atoms with Crippen molar-refractivity contribution in [2.45, 2.75) is 12.8 Å². The van der Waals surface area contributed by atoms with Gasteiger partial charge in [0.2, 0.25) is 0 Å². The van der Waals surface area contributed by atoms with E-state index in [0.717, 1.165) is 12.8 Å². The summed E-state index contributed by atoms with van der Waals surface area (Å²) in [4.78, 5) is 0. The molecule has 0 saturated carbocycles. The first kappa shape index (κ1) is 13.2. The van der Waals surface area contributed by atoms with E-state index >= 15 is 0 Å². The molecule has 0 aliphatic rings. The smallest absolute Gasteiger partial charge is 0.126 e. The molecular weight excluding hydrogens is 205 g/mol. The molecule has 0 unspecified atom stereocenters. The van der Waals surface area contributed by atoms with Gasteiger partial charge in [0.05, 0.1) is 6.61 Å². The molecule has 0 saturated heterocycles. The average molecular weight is 220 g/mol. The highest BCUT2D eigenvalue weighted by atomic mass is 35.5. The highest BCUT2D eigenvalue weighted by Crippen LogP contribution is 2.11. The summed E-state index contributed by atoms with van der Waals surface area (Å²) >= 11 is 0. The lowest BCUT2D eigenvalue weighted by Gasteiger charge is -2.04. The van der Waals surface area contributed by atoms with Gasteiger partial charge in [0, 0.05) is 6.07 Å². The first-order chi connectivity index (χ1) is 6.33. The van der Waals surface area contributed by atoms with E-state index in [0.29, 0.717) is 18.9 Å². The number of rotatable bonds is 5. The van der Waals surface area contributed by atoms with E-state index in [1.165, 1.54) is 12.1 Å². The number of hydrogen-bond acceptors (Lipinski definition) is 2. The summed E-state index contributed by atoms with van der Waals surface area (Å²) in [5, 5.41) is 0. The molecule has 0 spiro atoms. The van der Waals surface area contributed by atoms with Crippen LogP contribution in [0, 0.1) is 5.82 Å². The average Bonchev–Trinajstić information content (AvgIpc) is 2.13. The minimum atomic E-state index is -0.267. The predicted octanol–water partition coefficient (Wildman–Crippen LogP) is 2.37. The lowest BCUT2D eigenvalue weighted by Crippen LogP contribution is -2.03. The third-order valence-electron chi connectivity index (χ3n) is 1.66. The SMILES string of the molecule is Cl.NCCCCOc1cccc(F)c1. The summed E-state index contributed by atoms with van der Waals surface area (Å²) in [5.74, 6) is 0.313. The van der Waals surface area contributed by atoms with Crippen LogP contribution in [0.5, 0.6) is 5.75 Å². The van der Waals surface area contributed by atoms with Crippen LogP contribution >= 0.6 is 12.4 Å². The largest absolute Gasteiger partial charge is 0.493 e. The molecule has 0 amide bonds. The minimum Gasteiger partial charge on any atom is -0.493 e. The van der Waals surface area contributed by atoms with E-state index < -0.39 is 0 Å². The van der Waals surface area contributed by atoms with Crippen LogP contribution in [0.3, 0.4) is 0 Å². The number of unbranched alkanes of at least 4 members (excludes halogenated alkanes) is 1. The maximum atomic E-state index is 12.6. The molecular formula is C10H15ClFNO. The summed E-state index contributed by atoms with van der Waals surface area (Å²) < 4.78 is 17.9. The predicted molar refractivity (Wildman–Crippen MR) is 57.4 cm³/mol. The third-order valence-corrected chi connectivity index (χ3v) is 1.66. The Balaban J connectivity index is 0.00000169. The van der Waals surface area contributed by atoms with Crippen LogP contribution in [0.4, 0.5) is 4.39 Å². The second kappa shape index (κ2) is 7.59. The highest BCUT2D eigenvalue weighted by Gasteiger charge is 1.94. The van der Waals surface area contributed by atoms with Gasteiger partial charge in [-0.15, -0.1) is 12.4 Å². The number of halogens is 2. The Bertz CT molecular complexity index is 258. The molecule has 2 nitrogen and oxygen atoms in total. The van der Waals surface area contributed by atoms with Crippen LogP contribution in [0.2, 0.25) is 0 Å². The van der Waals surface area contributed by atoms with Gasteiger partial charge in [0.1, 0.15) is 11.6 Å². The van der Waals surface area contributed by atoms with Crippen LogP contribution < -0.4 is 10.5 Å². The van der Waals surface area contributed by atoms with Gasteiger partial charge in [-0.05, 0) is 31.5 Å². The van der Waals surface area contributed by atoms with Gasteiger partial charge in [-0.3, -0.25) is 0 Å². The van der Waals surface area contributed by atoms with Crippen molar-refractivity contribution in [1.29, 1.82) is 0 Å². The number of nitrogens with two attached hydrogens (primary N) is 1. The topological polar surface area (TPSA) is 35.2 Å². The van der Waals surface area contributed by atoms with Gasteiger partial charge >= 0.3 is 0 Å². The summed E-state index contributed by atoms with van der Waals surface area (Å²) in [6.45, 7) is 1.27. The number of ether oxygens (including phenoxy) is 1. The van der Waals surface area contributed by atoms with E-state index in [1.54, 1.807) is 12.1 Å². The quantitative estimate of drug-likeness (QED) is 0.772. The first-order valence-corrected chi connectivity index (χ1v) is 4.41. The Hall–Kier alpha value is -0.800. The third kappa shape index (κ3) is 5.04. The van der Waals surface area contributed by atoms with Crippen LogP contribution in [0.15, 0.2) is 24.3 Å². The monoisotopic (exact) mass is 219 g/mol. The fraction of sp³-hybridized carbons (Fsp3) is 0.400. The van der Waals surface area contributed by atoms with Crippen LogP contribution in [0.1, 0.15) is 12.8 Å². The van der Waals surface area contributed by atoms with Gasteiger partial charge in [0.15, 0.2) is 0 Å². The Morgan fingerprint density at radius 3 is 2.71 bits per heavy atom. The molecule has 4 heteroatoms. The zero-order valence-corrected chi connectivity index (χ0v) is 8.73. The van der Waals surface area contributed by atoms with E-state index in [2.05, 4.69) is 0 Å². The molecule has 0 radical (unpaired) electrons. The molecule has 80 valence electrons. The Kier molecular flexibility index (Phi) is 7.16. The highest BCUT2D eigenvalue weighted by molar-refractivity contribution is 5.85. The summed E-state index contributed by atoms with van der Waals surface area (Å²) in [6.07, 6.45) is 1.85. The molecule has 0 heterocycles. The maximum absolute atomic E-state index is 12.6. The van der Waals surface area contributed by atoms with E-state index in [-0.39, 0.29) is 18.2 Å². The minimum absolute atomic E-state index is 0. The van der Waals surface area contributed by atoms with Gasteiger partial charge in [-0.2, -0.15) is 0 Å². The number of benzene rings is 1. The summed E-state index contributed by atoms with van der Waals surface area (Å²) in [7, 11) is 0. The fourth-order valence-corrected chi connectivity index (χ4v) is 0.993. The molecule has 0 fully saturated rings. The van der Waals surface area contributed by atoms with Crippen molar-refractivity contribution >= 4 is 12.4 Å². The summed E-state index contributed by atoms with van der Waals surface area (Å²) in [5.41, 5.74) is 5.32. The second-order valence-electron chi connectivity index (χ2n) is 2.80. The molecule has 0 aromatic heterocycles. The van der Waals surface area contributed by atoms with Crippen molar-refractivity contribution in [3.8, 4) is 5.75 Å². The van der Waals surface area contributed by atoms with Crippen molar-refractivity contribution in [2.24, 2.45) is 5.73 Å². The summed E-state index contributed by atoms with van der Waals surface area (Å²) in [6, 6.07) is 6.15. The molecule has 1 aromatic carbocycles. The van der Waals surface area contributed by atoms with Crippen molar-refractivity contribution in [3.05, 3.63) is 30.1 Å². The molecule has 0 atom stereocenters. The van der Waals surface area contributed by atoms with E-state index in [9.17, 15) is 4.39 Å². The van der Waals surface area contributed by atoms with Crippen molar-refractivity contribution < 1.29 is 9.13 Å². The Labute approximate surface area is 89.7 Å². The maximum Gasteiger partial charge on any atom is 0.126 e. The zero-order valence-electron chi connectivity index (χ0n) is 7.91. The molecule has 0 aliphatic heterocycles. The van der Waals surface area contributed by atoms with Crippen LogP contribution in [-0.4, -0.2) is 13.2 Å². The molecule has 2 N–H and O–H groups in total. The van der Waals surface area contributed by atoms with Gasteiger partial charge in [-0.1, -0.05) is 6.07 Å². The van der Waals surface area contributed by atoms with E-state index in [1.807, 2.05) is 0 Å². The fourth-order valence-electron chi connectivity index (χ4n) is 0.993. The van der Waals surface area contributed by atoms with Gasteiger partial charge < -0.3 is 10.5 Å². The number of hydrogen-bond donors (Lipinski definition) is 1. The van der Waals surface area contributed by atoms with Crippen molar-refractivity contribution in [2.75, 3.05) is 13.2 Å². The lowest BCUT2D eigenvalue weighted by atomic mass is 10.3. The first-order valence-electron chi connectivity index (χ1n) is 4.41. The van der Waals surface area contributed by atoms with Gasteiger partial charge in [0.25, 0.3) is 0 Å².